The summed E-state index contributed by atoms with van der Waals surface area (Å²) >= 11 is 0. The van der Waals surface area contributed by atoms with E-state index in [9.17, 15) is 4.79 Å². The molecule has 0 radical (unpaired) electrons. The van der Waals surface area contributed by atoms with Crippen LogP contribution in [0.1, 0.15) is 32.3 Å². The summed E-state index contributed by atoms with van der Waals surface area (Å²) in [5.41, 5.74) is 0.723. The summed E-state index contributed by atoms with van der Waals surface area (Å²) in [5.74, 6) is 0.715. The number of benzene rings is 1. The molecule has 18 heavy (non-hydrogen) atoms. The van der Waals surface area contributed by atoms with Gasteiger partial charge in [0.1, 0.15) is 5.75 Å². The van der Waals surface area contributed by atoms with E-state index in [1.54, 1.807) is 0 Å². The maximum absolute atomic E-state index is 12.2. The Hall–Kier alpha value is -1.35. The van der Waals surface area contributed by atoms with Crippen molar-refractivity contribution >= 4 is 5.97 Å². The Bertz CT molecular complexity index is 473. The number of carbonyl (C=O) groups excluding carboxylic acids is 1. The van der Waals surface area contributed by atoms with E-state index >= 15 is 0 Å². The number of fused-ring (bicyclic) bond motifs is 2. The van der Waals surface area contributed by atoms with Crippen molar-refractivity contribution in [2.75, 3.05) is 13.1 Å². The minimum Gasteiger partial charge on any atom is -0.426 e. The number of esters is 1. The summed E-state index contributed by atoms with van der Waals surface area (Å²) < 4.78 is 5.44. The van der Waals surface area contributed by atoms with Crippen molar-refractivity contribution in [3.05, 3.63) is 29.8 Å². The van der Waals surface area contributed by atoms with Gasteiger partial charge < -0.3 is 9.64 Å². The molecule has 3 heteroatoms. The third-order valence-electron chi connectivity index (χ3n) is 4.38. The van der Waals surface area contributed by atoms with Crippen molar-refractivity contribution in [1.29, 1.82) is 0 Å². The second kappa shape index (κ2) is 4.09. The molecule has 0 N–H and O–H groups in total. The topological polar surface area (TPSA) is 29.5 Å². The van der Waals surface area contributed by atoms with Gasteiger partial charge in [0.15, 0.2) is 0 Å². The lowest BCUT2D eigenvalue weighted by molar-refractivity contribution is -0.140. The zero-order chi connectivity index (χ0) is 12.8. The Balaban J connectivity index is 1.91. The van der Waals surface area contributed by atoms with Gasteiger partial charge >= 0.3 is 5.97 Å². The Labute approximate surface area is 108 Å². The van der Waals surface area contributed by atoms with Crippen LogP contribution in [0.3, 0.4) is 0 Å². The molecule has 0 aliphatic carbocycles. The first kappa shape index (κ1) is 11.7. The van der Waals surface area contributed by atoms with Crippen molar-refractivity contribution in [3.8, 4) is 5.75 Å². The normalized spacial score (nSPS) is 22.3. The quantitative estimate of drug-likeness (QED) is 0.562. The van der Waals surface area contributed by atoms with Crippen LogP contribution in [0.15, 0.2) is 24.3 Å². The van der Waals surface area contributed by atoms with Gasteiger partial charge in [0.05, 0.1) is 5.41 Å². The Morgan fingerprint density at radius 1 is 1.22 bits per heavy atom. The van der Waals surface area contributed by atoms with Crippen LogP contribution in [0, 0.1) is 0 Å². The van der Waals surface area contributed by atoms with Gasteiger partial charge in [0, 0.05) is 11.6 Å². The lowest BCUT2D eigenvalue weighted by Gasteiger charge is -2.38. The van der Waals surface area contributed by atoms with E-state index in [-0.39, 0.29) is 11.4 Å². The number of ether oxygens (including phenoxy) is 1. The third-order valence-corrected chi connectivity index (χ3v) is 4.38. The molecule has 96 valence electrons. The zero-order valence-electron chi connectivity index (χ0n) is 11.0. The van der Waals surface area contributed by atoms with Gasteiger partial charge in [0.25, 0.3) is 0 Å². The second-order valence-electron chi connectivity index (χ2n) is 5.60. The maximum atomic E-state index is 12.2. The number of para-hydroxylation sites is 1. The fourth-order valence-electron chi connectivity index (χ4n) is 3.15. The van der Waals surface area contributed by atoms with Crippen LogP contribution >= 0.6 is 0 Å². The van der Waals surface area contributed by atoms with E-state index in [2.05, 4.69) is 18.7 Å². The van der Waals surface area contributed by atoms with E-state index in [1.807, 2.05) is 24.3 Å². The fourth-order valence-corrected chi connectivity index (χ4v) is 3.15. The molecule has 1 spiro atoms. The van der Waals surface area contributed by atoms with Crippen LogP contribution in [0.5, 0.6) is 5.75 Å². The molecular weight excluding hydrogens is 226 g/mol. The number of hydrogen-bond acceptors (Lipinski definition) is 3. The van der Waals surface area contributed by atoms with Crippen LogP contribution in [0.25, 0.3) is 0 Å². The summed E-state index contributed by atoms with van der Waals surface area (Å²) in [6, 6.07) is 8.42. The first-order valence-electron chi connectivity index (χ1n) is 6.69. The Kier molecular flexibility index (Phi) is 2.67. The van der Waals surface area contributed by atoms with Gasteiger partial charge in [-0.3, -0.25) is 4.79 Å². The highest BCUT2D eigenvalue weighted by atomic mass is 16.5. The van der Waals surface area contributed by atoms with E-state index in [4.69, 9.17) is 4.74 Å². The predicted molar refractivity (Wildman–Crippen MR) is 69.7 cm³/mol. The van der Waals surface area contributed by atoms with Crippen molar-refractivity contribution in [1.82, 2.24) is 4.90 Å². The molecule has 3 rings (SSSR count). The SMILES string of the molecule is CC(C)N1CCC2(CC1)C(=O)Oc1ccccc12. The van der Waals surface area contributed by atoms with E-state index in [0.29, 0.717) is 6.04 Å². The number of nitrogens with zero attached hydrogens (tertiary/aromatic N) is 1. The summed E-state index contributed by atoms with van der Waals surface area (Å²) in [6.07, 6.45) is 1.75. The highest BCUT2D eigenvalue weighted by Crippen LogP contribution is 2.46. The highest BCUT2D eigenvalue weighted by Gasteiger charge is 2.50. The van der Waals surface area contributed by atoms with Gasteiger partial charge in [-0.05, 0) is 45.8 Å². The number of likely N-dealkylation sites (tertiary alicyclic amines) is 1. The summed E-state index contributed by atoms with van der Waals surface area (Å²) in [5, 5.41) is 0. The van der Waals surface area contributed by atoms with E-state index in [0.717, 1.165) is 37.2 Å². The second-order valence-corrected chi connectivity index (χ2v) is 5.60. The number of rotatable bonds is 1. The first-order chi connectivity index (χ1) is 8.63. The summed E-state index contributed by atoms with van der Waals surface area (Å²) in [7, 11) is 0. The number of hydrogen-bond donors (Lipinski definition) is 0. The molecule has 0 unspecified atom stereocenters. The minimum absolute atomic E-state index is 0.0490. The van der Waals surface area contributed by atoms with Crippen LogP contribution in [-0.4, -0.2) is 30.0 Å². The standard InChI is InChI=1S/C15H19NO2/c1-11(2)16-9-7-15(8-10-16)12-5-3-4-6-13(12)18-14(15)17/h3-6,11H,7-10H2,1-2H3. The zero-order valence-corrected chi connectivity index (χ0v) is 11.0. The maximum Gasteiger partial charge on any atom is 0.322 e. The molecule has 0 aromatic heterocycles. The average molecular weight is 245 g/mol. The first-order valence-corrected chi connectivity index (χ1v) is 6.69. The fraction of sp³-hybridized carbons (Fsp3) is 0.533. The molecule has 0 atom stereocenters. The molecule has 1 saturated heterocycles. The molecule has 1 aromatic rings. The molecular formula is C15H19NO2. The van der Waals surface area contributed by atoms with Gasteiger partial charge in [-0.15, -0.1) is 0 Å². The lowest BCUT2D eigenvalue weighted by Crippen LogP contribution is -2.48. The van der Waals surface area contributed by atoms with Crippen molar-refractivity contribution in [3.63, 3.8) is 0 Å². The summed E-state index contributed by atoms with van der Waals surface area (Å²) in [6.45, 7) is 6.36. The molecule has 2 aliphatic heterocycles. The van der Waals surface area contributed by atoms with Crippen LogP contribution < -0.4 is 4.74 Å². The van der Waals surface area contributed by atoms with Crippen LogP contribution in [0.2, 0.25) is 0 Å². The summed E-state index contributed by atoms with van der Waals surface area (Å²) in [4.78, 5) is 14.7. The Morgan fingerprint density at radius 3 is 2.56 bits per heavy atom. The molecule has 2 heterocycles. The predicted octanol–water partition coefficient (Wildman–Crippen LogP) is 2.35. The van der Waals surface area contributed by atoms with Crippen molar-refractivity contribution < 1.29 is 9.53 Å². The molecule has 0 amide bonds. The molecule has 0 saturated carbocycles. The van der Waals surface area contributed by atoms with Crippen molar-refractivity contribution in [2.45, 2.75) is 38.1 Å². The van der Waals surface area contributed by atoms with Gasteiger partial charge in [-0.2, -0.15) is 0 Å². The third kappa shape index (κ3) is 1.57. The van der Waals surface area contributed by atoms with Gasteiger partial charge in [-0.25, -0.2) is 0 Å². The highest BCUT2D eigenvalue weighted by molar-refractivity contribution is 5.90. The number of carbonyl (C=O) groups is 1. The molecule has 3 nitrogen and oxygen atoms in total. The molecule has 1 fully saturated rings. The van der Waals surface area contributed by atoms with Crippen molar-refractivity contribution in [2.24, 2.45) is 0 Å². The molecule has 2 aliphatic rings. The van der Waals surface area contributed by atoms with Gasteiger partial charge in [0.2, 0.25) is 0 Å². The Morgan fingerprint density at radius 2 is 1.89 bits per heavy atom. The monoisotopic (exact) mass is 245 g/mol. The largest absolute Gasteiger partial charge is 0.426 e. The average Bonchev–Trinajstić information content (AvgIpc) is 2.64. The van der Waals surface area contributed by atoms with E-state index < -0.39 is 0 Å². The van der Waals surface area contributed by atoms with Crippen LogP contribution in [-0.2, 0) is 10.2 Å². The van der Waals surface area contributed by atoms with Crippen LogP contribution in [0.4, 0.5) is 0 Å². The minimum atomic E-state index is -0.373. The lowest BCUT2D eigenvalue weighted by atomic mass is 9.73. The number of piperidine rings is 1. The smallest absolute Gasteiger partial charge is 0.322 e. The van der Waals surface area contributed by atoms with Gasteiger partial charge in [-0.1, -0.05) is 18.2 Å². The molecule has 1 aromatic carbocycles. The molecule has 0 bridgehead atoms. The van der Waals surface area contributed by atoms with E-state index in [1.165, 1.54) is 0 Å².